The predicted octanol–water partition coefficient (Wildman–Crippen LogP) is 0.356. The molecule has 26 heavy (non-hydrogen) atoms. The molecule has 2 aromatic heterocycles. The van der Waals surface area contributed by atoms with Crippen molar-refractivity contribution in [2.24, 2.45) is 5.92 Å². The third-order valence-electron chi connectivity index (χ3n) is 5.40. The minimum atomic E-state index is -0.0824. The molecule has 0 atom stereocenters. The predicted molar refractivity (Wildman–Crippen MR) is 95.7 cm³/mol. The summed E-state index contributed by atoms with van der Waals surface area (Å²) >= 11 is 0. The monoisotopic (exact) mass is 356 g/mol. The molecular weight excluding hydrogens is 332 g/mol. The first-order valence-corrected chi connectivity index (χ1v) is 9.19. The number of amides is 2. The lowest BCUT2D eigenvalue weighted by atomic mass is 9.94. The highest BCUT2D eigenvalue weighted by atomic mass is 16.2. The summed E-state index contributed by atoms with van der Waals surface area (Å²) in [7, 11) is 2.08. The summed E-state index contributed by atoms with van der Waals surface area (Å²) < 4.78 is 1.61. The van der Waals surface area contributed by atoms with Crippen LogP contribution in [0.1, 0.15) is 23.3 Å². The standard InChI is InChI=1S/C18H24N6O2/c1-21-9-11-23(12-10-21)17(25)14-3-7-22(8-4-14)18(26)15-13-16-19-5-2-6-24(16)20-15/h2,5-6,13-14H,3-4,7-12H2,1H3. The van der Waals surface area contributed by atoms with Gasteiger partial charge in [0, 0.05) is 63.6 Å². The topological polar surface area (TPSA) is 74.0 Å². The van der Waals surface area contributed by atoms with Gasteiger partial charge in [0.1, 0.15) is 0 Å². The van der Waals surface area contributed by atoms with Gasteiger partial charge >= 0.3 is 0 Å². The molecule has 0 unspecified atom stereocenters. The zero-order valence-electron chi connectivity index (χ0n) is 15.0. The Hall–Kier alpha value is -2.48. The number of carbonyl (C=O) groups is 2. The smallest absolute Gasteiger partial charge is 0.274 e. The molecule has 0 N–H and O–H groups in total. The second-order valence-corrected chi connectivity index (χ2v) is 7.15. The Morgan fingerprint density at radius 1 is 1.04 bits per heavy atom. The zero-order valence-corrected chi connectivity index (χ0v) is 15.0. The molecule has 2 aromatic rings. The fourth-order valence-corrected chi connectivity index (χ4v) is 3.71. The van der Waals surface area contributed by atoms with Crippen molar-refractivity contribution in [2.45, 2.75) is 12.8 Å². The normalized spacial score (nSPS) is 19.9. The van der Waals surface area contributed by atoms with E-state index in [2.05, 4.69) is 22.0 Å². The number of piperidine rings is 1. The average Bonchev–Trinajstić information content (AvgIpc) is 3.12. The lowest BCUT2D eigenvalue weighted by molar-refractivity contribution is -0.138. The molecule has 2 fully saturated rings. The molecule has 0 bridgehead atoms. The number of rotatable bonds is 2. The van der Waals surface area contributed by atoms with Gasteiger partial charge in [0.05, 0.1) is 0 Å². The minimum Gasteiger partial charge on any atom is -0.340 e. The zero-order chi connectivity index (χ0) is 18.1. The maximum absolute atomic E-state index is 12.7. The van der Waals surface area contributed by atoms with Crippen LogP contribution in [0.25, 0.3) is 5.65 Å². The summed E-state index contributed by atoms with van der Waals surface area (Å²) in [5, 5.41) is 4.31. The fourth-order valence-electron chi connectivity index (χ4n) is 3.71. The lowest BCUT2D eigenvalue weighted by Crippen LogP contribution is -2.51. The Morgan fingerprint density at radius 3 is 2.46 bits per heavy atom. The Balaban J connectivity index is 1.35. The van der Waals surface area contributed by atoms with Crippen molar-refractivity contribution in [2.75, 3.05) is 46.3 Å². The van der Waals surface area contributed by atoms with E-state index < -0.39 is 0 Å². The number of carbonyl (C=O) groups excluding carboxylic acids is 2. The molecule has 8 nitrogen and oxygen atoms in total. The maximum atomic E-state index is 12.7. The summed E-state index contributed by atoms with van der Waals surface area (Å²) in [5.41, 5.74) is 1.07. The summed E-state index contributed by atoms with van der Waals surface area (Å²) in [5.74, 6) is 0.202. The molecule has 0 saturated carbocycles. The second-order valence-electron chi connectivity index (χ2n) is 7.15. The molecule has 4 heterocycles. The molecule has 2 amide bonds. The van der Waals surface area contributed by atoms with Crippen LogP contribution in [-0.4, -0.2) is 87.4 Å². The number of hydrogen-bond acceptors (Lipinski definition) is 5. The molecule has 0 aliphatic carbocycles. The van der Waals surface area contributed by atoms with E-state index in [9.17, 15) is 9.59 Å². The van der Waals surface area contributed by atoms with Gasteiger partial charge in [0.25, 0.3) is 5.91 Å². The molecule has 0 radical (unpaired) electrons. The van der Waals surface area contributed by atoms with E-state index in [1.165, 1.54) is 0 Å². The number of likely N-dealkylation sites (N-methyl/N-ethyl adjacent to an activating group) is 1. The van der Waals surface area contributed by atoms with Crippen molar-refractivity contribution in [3.8, 4) is 0 Å². The van der Waals surface area contributed by atoms with Crippen LogP contribution >= 0.6 is 0 Å². The van der Waals surface area contributed by atoms with Gasteiger partial charge in [-0.3, -0.25) is 9.59 Å². The largest absolute Gasteiger partial charge is 0.340 e. The van der Waals surface area contributed by atoms with Crippen LogP contribution in [0.4, 0.5) is 0 Å². The van der Waals surface area contributed by atoms with Crippen molar-refractivity contribution in [1.82, 2.24) is 29.3 Å². The van der Waals surface area contributed by atoms with Gasteiger partial charge in [0.15, 0.2) is 11.3 Å². The van der Waals surface area contributed by atoms with E-state index in [1.807, 2.05) is 4.90 Å². The van der Waals surface area contributed by atoms with Crippen molar-refractivity contribution < 1.29 is 9.59 Å². The third-order valence-corrected chi connectivity index (χ3v) is 5.40. The van der Waals surface area contributed by atoms with Crippen molar-refractivity contribution in [3.05, 3.63) is 30.2 Å². The van der Waals surface area contributed by atoms with Crippen LogP contribution in [0.3, 0.4) is 0 Å². The molecule has 0 spiro atoms. The van der Waals surface area contributed by atoms with Crippen molar-refractivity contribution in [1.29, 1.82) is 0 Å². The van der Waals surface area contributed by atoms with Crippen molar-refractivity contribution in [3.63, 3.8) is 0 Å². The number of nitrogens with zero attached hydrogens (tertiary/aromatic N) is 6. The Kier molecular flexibility index (Phi) is 4.58. The van der Waals surface area contributed by atoms with Gasteiger partial charge in [-0.2, -0.15) is 5.10 Å². The van der Waals surface area contributed by atoms with Crippen LogP contribution in [0, 0.1) is 5.92 Å². The number of aromatic nitrogens is 3. The van der Waals surface area contributed by atoms with Gasteiger partial charge < -0.3 is 14.7 Å². The summed E-state index contributed by atoms with van der Waals surface area (Å²) in [4.78, 5) is 35.6. The summed E-state index contributed by atoms with van der Waals surface area (Å²) in [6.45, 7) is 4.69. The van der Waals surface area contributed by atoms with Gasteiger partial charge in [-0.15, -0.1) is 0 Å². The van der Waals surface area contributed by atoms with E-state index in [4.69, 9.17) is 0 Å². The highest BCUT2D eigenvalue weighted by Gasteiger charge is 2.32. The van der Waals surface area contributed by atoms with Gasteiger partial charge in [0.2, 0.25) is 5.91 Å². The third kappa shape index (κ3) is 3.29. The first-order valence-electron chi connectivity index (χ1n) is 9.19. The van der Waals surface area contributed by atoms with Gasteiger partial charge in [-0.05, 0) is 26.0 Å². The Bertz CT molecular complexity index is 770. The SMILES string of the molecule is CN1CCN(C(=O)C2CCN(C(=O)c3cc4ncccn4n3)CC2)CC1. The fraction of sp³-hybridized carbons (Fsp3) is 0.556. The molecule has 8 heteroatoms. The Labute approximate surface area is 152 Å². The van der Waals surface area contributed by atoms with E-state index in [0.29, 0.717) is 24.4 Å². The molecule has 138 valence electrons. The maximum Gasteiger partial charge on any atom is 0.274 e. The summed E-state index contributed by atoms with van der Waals surface area (Å²) in [6.07, 6.45) is 4.91. The lowest BCUT2D eigenvalue weighted by Gasteiger charge is -2.37. The molecule has 2 saturated heterocycles. The molecule has 2 aliphatic heterocycles. The van der Waals surface area contributed by atoms with Crippen LogP contribution in [0.2, 0.25) is 0 Å². The summed E-state index contributed by atoms with van der Waals surface area (Å²) in [6, 6.07) is 3.49. The number of hydrogen-bond donors (Lipinski definition) is 0. The molecule has 2 aliphatic rings. The van der Waals surface area contributed by atoms with Crippen LogP contribution in [0.5, 0.6) is 0 Å². The number of piperazine rings is 1. The van der Waals surface area contributed by atoms with Gasteiger partial charge in [-0.25, -0.2) is 9.50 Å². The average molecular weight is 356 g/mol. The van der Waals surface area contributed by atoms with Crippen LogP contribution in [0.15, 0.2) is 24.5 Å². The quantitative estimate of drug-likeness (QED) is 0.777. The molecule has 4 rings (SSSR count). The van der Waals surface area contributed by atoms with E-state index >= 15 is 0 Å². The van der Waals surface area contributed by atoms with Crippen molar-refractivity contribution >= 4 is 17.5 Å². The van der Waals surface area contributed by atoms with E-state index in [-0.39, 0.29) is 17.7 Å². The second kappa shape index (κ2) is 7.03. The van der Waals surface area contributed by atoms with Crippen LogP contribution < -0.4 is 0 Å². The van der Waals surface area contributed by atoms with E-state index in [0.717, 1.165) is 39.0 Å². The highest BCUT2D eigenvalue weighted by Crippen LogP contribution is 2.22. The first-order chi connectivity index (χ1) is 12.6. The minimum absolute atomic E-state index is 0.0326. The Morgan fingerprint density at radius 2 is 1.77 bits per heavy atom. The molecular formula is C18H24N6O2. The number of fused-ring (bicyclic) bond motifs is 1. The highest BCUT2D eigenvalue weighted by molar-refractivity contribution is 5.93. The molecule has 0 aromatic carbocycles. The van der Waals surface area contributed by atoms with E-state index in [1.54, 1.807) is 33.9 Å². The van der Waals surface area contributed by atoms with Gasteiger partial charge in [-0.1, -0.05) is 0 Å². The first kappa shape index (κ1) is 17.0. The number of likely N-dealkylation sites (tertiary alicyclic amines) is 1. The van der Waals surface area contributed by atoms with Crippen LogP contribution in [-0.2, 0) is 4.79 Å².